The normalized spacial score (nSPS) is 11.1. The zero-order valence-electron chi connectivity index (χ0n) is 17.4. The van der Waals surface area contributed by atoms with Crippen LogP contribution in [0.4, 0.5) is 5.82 Å². The summed E-state index contributed by atoms with van der Waals surface area (Å²) < 4.78 is 11.5. The molecule has 162 valence electrons. The smallest absolute Gasteiger partial charge is 0.294 e. The van der Waals surface area contributed by atoms with Crippen molar-refractivity contribution in [2.75, 3.05) is 12.3 Å². The van der Waals surface area contributed by atoms with Crippen LogP contribution in [0.1, 0.15) is 28.5 Å². The first-order valence-corrected chi connectivity index (χ1v) is 9.74. The van der Waals surface area contributed by atoms with Crippen molar-refractivity contribution < 1.29 is 14.2 Å². The van der Waals surface area contributed by atoms with E-state index >= 15 is 0 Å². The van der Waals surface area contributed by atoms with E-state index in [-0.39, 0.29) is 17.3 Å². The van der Waals surface area contributed by atoms with E-state index in [0.29, 0.717) is 23.6 Å². The second-order valence-corrected chi connectivity index (χ2v) is 6.74. The number of nitrogen functional groups attached to an aromatic ring is 1. The first kappa shape index (κ1) is 20.7. The Bertz CT molecular complexity index is 1260. The van der Waals surface area contributed by atoms with Gasteiger partial charge in [-0.05, 0) is 41.9 Å². The van der Waals surface area contributed by atoms with Crippen molar-refractivity contribution in [2.24, 2.45) is 5.10 Å². The SMILES string of the molecule is CCOc1cccc(-c2c(C(=O)NN=Cc3ccc(C)cc3)nnn2-c2nonc2N)c1. The molecular formula is C21H20N8O3. The van der Waals surface area contributed by atoms with Crippen LogP contribution in [0.2, 0.25) is 0 Å². The van der Waals surface area contributed by atoms with E-state index < -0.39 is 5.91 Å². The van der Waals surface area contributed by atoms with Gasteiger partial charge in [0.05, 0.1) is 12.8 Å². The van der Waals surface area contributed by atoms with Crippen LogP contribution in [0.15, 0.2) is 58.3 Å². The van der Waals surface area contributed by atoms with E-state index in [9.17, 15) is 4.79 Å². The third kappa shape index (κ3) is 4.31. The van der Waals surface area contributed by atoms with Crippen molar-refractivity contribution in [3.05, 3.63) is 65.4 Å². The molecule has 4 aromatic rings. The largest absolute Gasteiger partial charge is 0.494 e. The van der Waals surface area contributed by atoms with Crippen LogP contribution in [0.3, 0.4) is 0 Å². The Kier molecular flexibility index (Phi) is 5.88. The number of ether oxygens (including phenoxy) is 1. The van der Waals surface area contributed by atoms with Crippen molar-refractivity contribution in [3.8, 4) is 22.8 Å². The lowest BCUT2D eigenvalue weighted by atomic mass is 10.1. The van der Waals surface area contributed by atoms with Crippen LogP contribution in [0.5, 0.6) is 5.75 Å². The standard InChI is InChI=1S/C21H20N8O3/c1-3-31-16-6-4-5-15(11-16)18-17(24-28-29(18)20-19(22)26-32-27-20)21(30)25-23-12-14-9-7-13(2)8-10-14/h4-12H,3H2,1-2H3,(H2,22,26)(H,25,30). The van der Waals surface area contributed by atoms with Crippen molar-refractivity contribution in [1.82, 2.24) is 30.7 Å². The molecule has 0 radical (unpaired) electrons. The molecule has 2 aromatic heterocycles. The van der Waals surface area contributed by atoms with Gasteiger partial charge in [-0.15, -0.1) is 5.10 Å². The number of rotatable bonds is 7. The van der Waals surface area contributed by atoms with Gasteiger partial charge in [-0.3, -0.25) is 4.79 Å². The van der Waals surface area contributed by atoms with Gasteiger partial charge in [0, 0.05) is 5.56 Å². The number of aryl methyl sites for hydroxylation is 1. The van der Waals surface area contributed by atoms with E-state index in [0.717, 1.165) is 11.1 Å². The van der Waals surface area contributed by atoms with E-state index in [1.165, 1.54) is 10.9 Å². The van der Waals surface area contributed by atoms with Crippen LogP contribution in [-0.2, 0) is 0 Å². The summed E-state index contributed by atoms with van der Waals surface area (Å²) in [7, 11) is 0. The first-order valence-electron chi connectivity index (χ1n) is 9.74. The third-order valence-electron chi connectivity index (χ3n) is 4.46. The first-order chi connectivity index (χ1) is 15.6. The maximum absolute atomic E-state index is 12.9. The van der Waals surface area contributed by atoms with Gasteiger partial charge < -0.3 is 10.5 Å². The van der Waals surface area contributed by atoms with Gasteiger partial charge in [0.1, 0.15) is 11.4 Å². The predicted molar refractivity (Wildman–Crippen MR) is 116 cm³/mol. The molecule has 0 aliphatic heterocycles. The molecule has 2 aromatic carbocycles. The molecule has 32 heavy (non-hydrogen) atoms. The molecule has 0 atom stereocenters. The second-order valence-electron chi connectivity index (χ2n) is 6.74. The Hall–Kier alpha value is -4.54. The zero-order chi connectivity index (χ0) is 22.5. The number of anilines is 1. The average Bonchev–Trinajstić information content (AvgIpc) is 3.41. The highest BCUT2D eigenvalue weighted by molar-refractivity contribution is 5.98. The number of amides is 1. The molecular weight excluding hydrogens is 412 g/mol. The average molecular weight is 432 g/mol. The molecule has 0 bridgehead atoms. The lowest BCUT2D eigenvalue weighted by Crippen LogP contribution is -2.19. The highest BCUT2D eigenvalue weighted by Crippen LogP contribution is 2.29. The van der Waals surface area contributed by atoms with E-state index in [4.69, 9.17) is 10.5 Å². The Morgan fingerprint density at radius 3 is 2.78 bits per heavy atom. The second kappa shape index (κ2) is 9.08. The fourth-order valence-corrected chi connectivity index (χ4v) is 2.95. The summed E-state index contributed by atoms with van der Waals surface area (Å²) in [6.45, 7) is 4.36. The van der Waals surface area contributed by atoms with Crippen LogP contribution < -0.4 is 15.9 Å². The maximum Gasteiger partial charge on any atom is 0.294 e. The topological polar surface area (TPSA) is 146 Å². The summed E-state index contributed by atoms with van der Waals surface area (Å²) in [5, 5.41) is 19.4. The van der Waals surface area contributed by atoms with Crippen LogP contribution in [0.25, 0.3) is 17.1 Å². The number of carbonyl (C=O) groups is 1. The number of hydrogen-bond acceptors (Lipinski definition) is 9. The minimum atomic E-state index is -0.563. The molecule has 3 N–H and O–H groups in total. The Balaban J connectivity index is 1.69. The van der Waals surface area contributed by atoms with Gasteiger partial charge in [-0.1, -0.05) is 47.2 Å². The number of benzene rings is 2. The fraction of sp³-hybridized carbons (Fsp3) is 0.143. The highest BCUT2D eigenvalue weighted by Gasteiger charge is 2.25. The number of nitrogens with two attached hydrogens (primary N) is 1. The minimum Gasteiger partial charge on any atom is -0.494 e. The van der Waals surface area contributed by atoms with Crippen LogP contribution in [-0.4, -0.2) is 44.0 Å². The van der Waals surface area contributed by atoms with Gasteiger partial charge in [0.15, 0.2) is 5.69 Å². The Morgan fingerprint density at radius 2 is 2.06 bits per heavy atom. The Labute approximate surface area is 182 Å². The molecule has 0 spiro atoms. The summed E-state index contributed by atoms with van der Waals surface area (Å²) in [4.78, 5) is 12.9. The number of nitrogens with one attached hydrogen (secondary N) is 1. The predicted octanol–water partition coefficient (Wildman–Crippen LogP) is 2.37. The van der Waals surface area contributed by atoms with Crippen LogP contribution in [0, 0.1) is 6.92 Å². The number of hydrogen-bond donors (Lipinski definition) is 2. The maximum atomic E-state index is 12.9. The molecule has 11 heteroatoms. The number of carbonyl (C=O) groups excluding carboxylic acids is 1. The summed E-state index contributed by atoms with van der Waals surface area (Å²) in [5.74, 6) is 0.164. The quantitative estimate of drug-likeness (QED) is 0.334. The third-order valence-corrected chi connectivity index (χ3v) is 4.46. The van der Waals surface area contributed by atoms with Gasteiger partial charge in [0.2, 0.25) is 11.6 Å². The van der Waals surface area contributed by atoms with Gasteiger partial charge in [-0.2, -0.15) is 9.78 Å². The molecule has 0 fully saturated rings. The molecule has 0 aliphatic carbocycles. The molecule has 0 saturated carbocycles. The van der Waals surface area contributed by atoms with E-state index in [1.807, 2.05) is 38.1 Å². The summed E-state index contributed by atoms with van der Waals surface area (Å²) in [6.07, 6.45) is 1.54. The number of aromatic nitrogens is 5. The molecule has 4 rings (SSSR count). The van der Waals surface area contributed by atoms with Crippen molar-refractivity contribution in [3.63, 3.8) is 0 Å². The van der Waals surface area contributed by atoms with Gasteiger partial charge >= 0.3 is 0 Å². The van der Waals surface area contributed by atoms with Crippen molar-refractivity contribution in [1.29, 1.82) is 0 Å². The minimum absolute atomic E-state index is 0.00135. The van der Waals surface area contributed by atoms with Crippen LogP contribution >= 0.6 is 0 Å². The molecule has 2 heterocycles. The summed E-state index contributed by atoms with van der Waals surface area (Å²) in [5.41, 5.74) is 11.2. The molecule has 0 unspecified atom stereocenters. The highest BCUT2D eigenvalue weighted by atomic mass is 16.6. The van der Waals surface area contributed by atoms with Crippen molar-refractivity contribution in [2.45, 2.75) is 13.8 Å². The molecule has 11 nitrogen and oxygen atoms in total. The molecule has 0 saturated heterocycles. The Morgan fingerprint density at radius 1 is 1.25 bits per heavy atom. The van der Waals surface area contributed by atoms with Gasteiger partial charge in [0.25, 0.3) is 5.91 Å². The summed E-state index contributed by atoms with van der Waals surface area (Å²) >= 11 is 0. The monoisotopic (exact) mass is 432 g/mol. The van der Waals surface area contributed by atoms with E-state index in [2.05, 4.69) is 35.8 Å². The van der Waals surface area contributed by atoms with Crippen molar-refractivity contribution >= 4 is 17.9 Å². The molecule has 1 amide bonds. The number of hydrazone groups is 1. The zero-order valence-corrected chi connectivity index (χ0v) is 17.4. The number of nitrogens with zero attached hydrogens (tertiary/aromatic N) is 6. The lowest BCUT2D eigenvalue weighted by molar-refractivity contribution is 0.0950. The van der Waals surface area contributed by atoms with Gasteiger partial charge in [-0.25, -0.2) is 10.1 Å². The summed E-state index contributed by atoms with van der Waals surface area (Å²) in [6, 6.07) is 14.8. The molecule has 0 aliphatic rings. The fourth-order valence-electron chi connectivity index (χ4n) is 2.95. The lowest BCUT2D eigenvalue weighted by Gasteiger charge is -2.08. The van der Waals surface area contributed by atoms with E-state index in [1.54, 1.807) is 24.3 Å².